The van der Waals surface area contributed by atoms with E-state index < -0.39 is 97.5 Å². The Morgan fingerprint density at radius 3 is 0.800 bits per heavy atom. The van der Waals surface area contributed by atoms with Gasteiger partial charge in [0.25, 0.3) is 0 Å². The van der Waals surface area contributed by atoms with Gasteiger partial charge in [0.05, 0.1) is 26.4 Å². The minimum atomic E-state index is -4.96. The molecule has 0 spiro atoms. The standard InChI is InChI=1S/C76H148O17P2/c1-8-10-11-12-13-14-15-16-17-18-19-22-25-28-31-34-43-50-57-73(78)86-63-71(92-75(80)59-52-45-35-32-29-26-23-20-21-24-27-30-33-40-47-54-67(3)4)65-90-94(82,83)88-61-70(77)62-89-95(84,85)91-66-72(64-87-74(79)58-51-44-38-36-41-48-55-68(5)6)93-76(81)60-53-46-39-37-42-49-56-69(7)9-2/h67-72,77H,8-66H2,1-7H3,(H,82,83)(H,84,85)/t69?,70-,71-,72-/m1/s1. The molecule has 0 amide bonds. The van der Waals surface area contributed by atoms with Crippen molar-refractivity contribution in [2.45, 2.75) is 407 Å². The van der Waals surface area contributed by atoms with Gasteiger partial charge in [0.1, 0.15) is 19.3 Å². The molecule has 0 heterocycles. The zero-order chi connectivity index (χ0) is 70.1. The summed E-state index contributed by atoms with van der Waals surface area (Å²) in [7, 11) is -9.91. The molecule has 6 atom stereocenters. The number of rotatable bonds is 74. The predicted molar refractivity (Wildman–Crippen MR) is 386 cm³/mol. The Morgan fingerprint density at radius 1 is 0.305 bits per heavy atom. The van der Waals surface area contributed by atoms with Crippen LogP contribution in [-0.4, -0.2) is 96.7 Å². The number of hydrogen-bond acceptors (Lipinski definition) is 15. The van der Waals surface area contributed by atoms with E-state index in [1.807, 2.05) is 0 Å². The maximum absolute atomic E-state index is 13.1. The van der Waals surface area contributed by atoms with Gasteiger partial charge in [-0.25, -0.2) is 9.13 Å². The molecule has 0 saturated carbocycles. The second-order valence-corrected chi connectivity index (χ2v) is 31.5. The number of carbonyl (C=O) groups is 4. The van der Waals surface area contributed by atoms with Gasteiger partial charge in [-0.2, -0.15) is 0 Å². The average molecular weight is 1400 g/mol. The molecule has 0 aliphatic carbocycles. The van der Waals surface area contributed by atoms with Crippen molar-refractivity contribution in [3.05, 3.63) is 0 Å². The maximum Gasteiger partial charge on any atom is 0.472 e. The number of phosphoric ester groups is 2. The molecule has 0 aliphatic rings. The van der Waals surface area contributed by atoms with Crippen LogP contribution in [0.3, 0.4) is 0 Å². The molecular weight excluding hydrogens is 1250 g/mol. The number of hydrogen-bond donors (Lipinski definition) is 3. The second-order valence-electron chi connectivity index (χ2n) is 28.6. The quantitative estimate of drug-likeness (QED) is 0.0222. The summed E-state index contributed by atoms with van der Waals surface area (Å²) >= 11 is 0. The molecule has 3 N–H and O–H groups in total. The van der Waals surface area contributed by atoms with Gasteiger partial charge in [0.2, 0.25) is 0 Å². The summed E-state index contributed by atoms with van der Waals surface area (Å²) in [4.78, 5) is 72.7. The smallest absolute Gasteiger partial charge is 0.462 e. The second kappa shape index (κ2) is 66.6. The Balaban J connectivity index is 5.21. The van der Waals surface area contributed by atoms with Crippen LogP contribution in [0.15, 0.2) is 0 Å². The number of ether oxygens (including phenoxy) is 4. The van der Waals surface area contributed by atoms with Crippen molar-refractivity contribution in [1.29, 1.82) is 0 Å². The Labute approximate surface area is 581 Å². The fourth-order valence-electron chi connectivity index (χ4n) is 11.6. The highest BCUT2D eigenvalue weighted by Crippen LogP contribution is 2.45. The largest absolute Gasteiger partial charge is 0.472 e. The van der Waals surface area contributed by atoms with E-state index >= 15 is 0 Å². The van der Waals surface area contributed by atoms with Crippen molar-refractivity contribution < 1.29 is 80.2 Å². The lowest BCUT2D eigenvalue weighted by atomic mass is 10.00. The Bertz CT molecular complexity index is 1850. The minimum Gasteiger partial charge on any atom is -0.462 e. The van der Waals surface area contributed by atoms with Gasteiger partial charge in [0.15, 0.2) is 12.2 Å². The first-order chi connectivity index (χ1) is 45.8. The monoisotopic (exact) mass is 1400 g/mol. The lowest BCUT2D eigenvalue weighted by Gasteiger charge is -2.21. The van der Waals surface area contributed by atoms with E-state index in [0.717, 1.165) is 108 Å². The summed E-state index contributed by atoms with van der Waals surface area (Å²) in [6.07, 6.45) is 53.1. The van der Waals surface area contributed by atoms with Crippen LogP contribution in [0, 0.1) is 17.8 Å². The van der Waals surface area contributed by atoms with E-state index in [9.17, 15) is 43.2 Å². The van der Waals surface area contributed by atoms with Gasteiger partial charge < -0.3 is 33.8 Å². The van der Waals surface area contributed by atoms with Gasteiger partial charge in [-0.05, 0) is 43.4 Å². The van der Waals surface area contributed by atoms with E-state index in [0.29, 0.717) is 31.6 Å². The molecule has 0 aromatic heterocycles. The number of aliphatic hydroxyl groups is 1. The van der Waals surface area contributed by atoms with Gasteiger partial charge in [0, 0.05) is 25.7 Å². The van der Waals surface area contributed by atoms with Crippen molar-refractivity contribution in [2.75, 3.05) is 39.6 Å². The van der Waals surface area contributed by atoms with Crippen LogP contribution in [0.2, 0.25) is 0 Å². The molecule has 19 heteroatoms. The maximum atomic E-state index is 13.1. The zero-order valence-corrected chi connectivity index (χ0v) is 63.9. The lowest BCUT2D eigenvalue weighted by Crippen LogP contribution is -2.30. The first-order valence-corrected chi connectivity index (χ1v) is 42.4. The van der Waals surface area contributed by atoms with E-state index in [-0.39, 0.29) is 25.7 Å². The molecule has 564 valence electrons. The molecule has 0 radical (unpaired) electrons. The molecule has 0 fully saturated rings. The van der Waals surface area contributed by atoms with Crippen molar-refractivity contribution in [1.82, 2.24) is 0 Å². The molecule has 0 bridgehead atoms. The van der Waals surface area contributed by atoms with Gasteiger partial charge in [-0.3, -0.25) is 37.3 Å². The van der Waals surface area contributed by atoms with Crippen LogP contribution in [0.4, 0.5) is 0 Å². The summed E-state index contributed by atoms with van der Waals surface area (Å²) in [5.74, 6) is 0.0788. The van der Waals surface area contributed by atoms with Gasteiger partial charge >= 0.3 is 39.5 Å². The SMILES string of the molecule is CCCCCCCCCCCCCCCCCCCCC(=O)OC[C@H](COP(=O)(O)OC[C@@H](O)COP(=O)(O)OC[C@@H](COC(=O)CCCCCCCCC(C)C)OC(=O)CCCCCCCCC(C)CC)OC(=O)CCCCCCCCCCCCCCCCCC(C)C. The highest BCUT2D eigenvalue weighted by Gasteiger charge is 2.30. The van der Waals surface area contributed by atoms with Crippen molar-refractivity contribution in [3.63, 3.8) is 0 Å². The Morgan fingerprint density at radius 2 is 0.537 bits per heavy atom. The van der Waals surface area contributed by atoms with E-state index in [2.05, 4.69) is 48.5 Å². The number of unbranched alkanes of at least 4 members (excludes halogenated alkanes) is 41. The summed E-state index contributed by atoms with van der Waals surface area (Å²) in [5, 5.41) is 10.6. The first kappa shape index (κ1) is 93.1. The molecule has 0 aromatic rings. The van der Waals surface area contributed by atoms with Gasteiger partial charge in [-0.15, -0.1) is 0 Å². The van der Waals surface area contributed by atoms with Gasteiger partial charge in [-0.1, -0.05) is 337 Å². The molecule has 0 aromatic carbocycles. The van der Waals surface area contributed by atoms with Crippen LogP contribution in [-0.2, 0) is 65.4 Å². The lowest BCUT2D eigenvalue weighted by molar-refractivity contribution is -0.161. The molecule has 3 unspecified atom stereocenters. The summed E-state index contributed by atoms with van der Waals surface area (Å²) in [5.41, 5.74) is 0. The van der Waals surface area contributed by atoms with Crippen LogP contribution in [0.1, 0.15) is 389 Å². The third kappa shape index (κ3) is 69.0. The van der Waals surface area contributed by atoms with Crippen LogP contribution < -0.4 is 0 Å². The number of phosphoric acid groups is 2. The Kier molecular flexibility index (Phi) is 65.2. The zero-order valence-electron chi connectivity index (χ0n) is 62.1. The normalized spacial score (nSPS) is 14.4. The molecule has 0 saturated heterocycles. The number of esters is 4. The fraction of sp³-hybridized carbons (Fsp3) is 0.947. The highest BCUT2D eigenvalue weighted by molar-refractivity contribution is 7.47. The molecule has 95 heavy (non-hydrogen) atoms. The fourth-order valence-corrected chi connectivity index (χ4v) is 13.1. The van der Waals surface area contributed by atoms with Crippen LogP contribution >= 0.6 is 15.6 Å². The summed E-state index contributed by atoms with van der Waals surface area (Å²) in [6.45, 7) is 11.8. The van der Waals surface area contributed by atoms with E-state index in [1.54, 1.807) is 0 Å². The summed E-state index contributed by atoms with van der Waals surface area (Å²) < 4.78 is 68.4. The van der Waals surface area contributed by atoms with Crippen molar-refractivity contribution >= 4 is 39.5 Å². The first-order valence-electron chi connectivity index (χ1n) is 39.4. The molecule has 0 aliphatic heterocycles. The third-order valence-corrected chi connectivity index (χ3v) is 19.9. The van der Waals surface area contributed by atoms with Crippen molar-refractivity contribution in [3.8, 4) is 0 Å². The van der Waals surface area contributed by atoms with E-state index in [1.165, 1.54) is 193 Å². The highest BCUT2D eigenvalue weighted by atomic mass is 31.2. The topological polar surface area (TPSA) is 237 Å². The molecule has 0 rings (SSSR count). The van der Waals surface area contributed by atoms with Crippen molar-refractivity contribution in [2.24, 2.45) is 17.8 Å². The Hall–Kier alpha value is -1.94. The van der Waals surface area contributed by atoms with Crippen LogP contribution in [0.25, 0.3) is 0 Å². The average Bonchev–Trinajstić information content (AvgIpc) is 2.26. The van der Waals surface area contributed by atoms with E-state index in [4.69, 9.17) is 37.0 Å². The molecular formula is C76H148O17P2. The van der Waals surface area contributed by atoms with Crippen LogP contribution in [0.5, 0.6) is 0 Å². The minimum absolute atomic E-state index is 0.102. The molecule has 17 nitrogen and oxygen atoms in total. The third-order valence-electron chi connectivity index (χ3n) is 18.0. The summed E-state index contributed by atoms with van der Waals surface area (Å²) in [6, 6.07) is 0. The number of aliphatic hydroxyl groups excluding tert-OH is 1. The number of carbonyl (C=O) groups excluding carboxylic acids is 4. The predicted octanol–water partition coefficient (Wildman–Crippen LogP) is 22.2.